The molecule has 7 nitrogen and oxygen atoms in total. The zero-order valence-corrected chi connectivity index (χ0v) is 14.8. The van der Waals surface area contributed by atoms with Crippen LogP contribution in [0, 0.1) is 0 Å². The van der Waals surface area contributed by atoms with E-state index >= 15 is 0 Å². The molecule has 0 saturated carbocycles. The number of hydrogen-bond acceptors (Lipinski definition) is 4. The zero-order valence-electron chi connectivity index (χ0n) is 14.8. The van der Waals surface area contributed by atoms with E-state index in [4.69, 9.17) is 15.2 Å². The summed E-state index contributed by atoms with van der Waals surface area (Å²) >= 11 is 0. The van der Waals surface area contributed by atoms with E-state index in [1.165, 1.54) is 0 Å². The molecule has 0 fully saturated rings. The fraction of sp³-hybridized carbons (Fsp3) is 0.263. The lowest BCUT2D eigenvalue weighted by atomic mass is 10.1. The highest BCUT2D eigenvalue weighted by atomic mass is 16.5. The fourth-order valence-electron chi connectivity index (χ4n) is 2.45. The zero-order chi connectivity index (χ0) is 18.9. The van der Waals surface area contributed by atoms with Crippen molar-refractivity contribution in [3.63, 3.8) is 0 Å². The van der Waals surface area contributed by atoms with E-state index in [1.807, 2.05) is 36.4 Å². The van der Waals surface area contributed by atoms with Gasteiger partial charge in [-0.2, -0.15) is 0 Å². The standard InChI is InChI=1S/C19H23N3O4/c1-25-16-9-8-14(11-17(16)26-2)12-21-19(24)22-15(18(20)23)10-13-6-4-3-5-7-13/h3-9,11,15H,10,12H2,1-2H3,(H2,20,23)(H2,21,22,24)/t15-/m0/s1. The van der Waals surface area contributed by atoms with Gasteiger partial charge in [-0.1, -0.05) is 36.4 Å². The Morgan fingerprint density at radius 1 is 1.00 bits per heavy atom. The highest BCUT2D eigenvalue weighted by molar-refractivity contribution is 5.86. The van der Waals surface area contributed by atoms with E-state index in [0.717, 1.165) is 11.1 Å². The van der Waals surface area contributed by atoms with Gasteiger partial charge in [0.05, 0.1) is 14.2 Å². The average molecular weight is 357 g/mol. The van der Waals surface area contributed by atoms with Crippen LogP contribution in [-0.2, 0) is 17.8 Å². The number of carbonyl (C=O) groups is 2. The topological polar surface area (TPSA) is 103 Å². The first kappa shape index (κ1) is 19.1. The van der Waals surface area contributed by atoms with Crippen LogP contribution >= 0.6 is 0 Å². The number of hydrogen-bond donors (Lipinski definition) is 3. The molecule has 0 spiro atoms. The van der Waals surface area contributed by atoms with E-state index in [9.17, 15) is 9.59 Å². The van der Waals surface area contributed by atoms with Crippen LogP contribution < -0.4 is 25.8 Å². The fourth-order valence-corrected chi connectivity index (χ4v) is 2.45. The Morgan fingerprint density at radius 3 is 2.31 bits per heavy atom. The molecule has 4 N–H and O–H groups in total. The monoisotopic (exact) mass is 357 g/mol. The maximum absolute atomic E-state index is 12.1. The predicted octanol–water partition coefficient (Wildman–Crippen LogP) is 1.60. The Labute approximate surface area is 152 Å². The maximum atomic E-state index is 12.1. The Morgan fingerprint density at radius 2 is 1.69 bits per heavy atom. The molecule has 7 heteroatoms. The summed E-state index contributed by atoms with van der Waals surface area (Å²) in [5.74, 6) is 0.596. The highest BCUT2D eigenvalue weighted by Gasteiger charge is 2.18. The minimum atomic E-state index is -0.789. The van der Waals surface area contributed by atoms with Crippen LogP contribution in [0.5, 0.6) is 11.5 Å². The molecular formula is C19H23N3O4. The molecule has 0 aliphatic carbocycles. The smallest absolute Gasteiger partial charge is 0.315 e. The third kappa shape index (κ3) is 5.41. The second kappa shape index (κ2) is 9.31. The van der Waals surface area contributed by atoms with E-state index < -0.39 is 18.0 Å². The second-order valence-electron chi connectivity index (χ2n) is 5.66. The third-order valence-electron chi connectivity index (χ3n) is 3.83. The molecule has 0 bridgehead atoms. The SMILES string of the molecule is COc1ccc(CNC(=O)N[C@@H](Cc2ccccc2)C(N)=O)cc1OC. The number of carbonyl (C=O) groups excluding carboxylic acids is 2. The number of nitrogens with one attached hydrogen (secondary N) is 2. The molecular weight excluding hydrogens is 334 g/mol. The van der Waals surface area contributed by atoms with Gasteiger partial charge in [0.15, 0.2) is 11.5 Å². The van der Waals surface area contributed by atoms with Gasteiger partial charge in [-0.25, -0.2) is 4.79 Å². The van der Waals surface area contributed by atoms with Crippen molar-refractivity contribution in [2.24, 2.45) is 5.73 Å². The van der Waals surface area contributed by atoms with Crippen LogP contribution in [0.2, 0.25) is 0 Å². The first-order valence-corrected chi connectivity index (χ1v) is 8.12. The van der Waals surface area contributed by atoms with E-state index in [1.54, 1.807) is 26.4 Å². The van der Waals surface area contributed by atoms with Crippen LogP contribution in [0.3, 0.4) is 0 Å². The van der Waals surface area contributed by atoms with Crippen LogP contribution in [0.15, 0.2) is 48.5 Å². The minimum absolute atomic E-state index is 0.267. The van der Waals surface area contributed by atoms with Gasteiger partial charge in [0.25, 0.3) is 0 Å². The molecule has 138 valence electrons. The molecule has 0 aliphatic heterocycles. The number of methoxy groups -OCH3 is 2. The van der Waals surface area contributed by atoms with E-state index in [0.29, 0.717) is 17.9 Å². The molecule has 0 aromatic heterocycles. The molecule has 2 aromatic rings. The summed E-state index contributed by atoms with van der Waals surface area (Å²) in [6, 6.07) is 13.4. The van der Waals surface area contributed by atoms with Crippen LogP contribution in [0.25, 0.3) is 0 Å². The number of ether oxygens (including phenoxy) is 2. The lowest BCUT2D eigenvalue weighted by molar-refractivity contribution is -0.119. The molecule has 2 aromatic carbocycles. The Balaban J connectivity index is 1.93. The Kier molecular flexibility index (Phi) is 6.84. The molecule has 0 heterocycles. The highest BCUT2D eigenvalue weighted by Crippen LogP contribution is 2.27. The summed E-state index contributed by atoms with van der Waals surface area (Å²) in [6.45, 7) is 0.267. The Hall–Kier alpha value is -3.22. The molecule has 2 rings (SSSR count). The summed E-state index contributed by atoms with van der Waals surface area (Å²) in [4.78, 5) is 23.7. The van der Waals surface area contributed by atoms with Gasteiger partial charge < -0.3 is 25.8 Å². The van der Waals surface area contributed by atoms with Crippen molar-refractivity contribution in [2.45, 2.75) is 19.0 Å². The van der Waals surface area contributed by atoms with Crippen LogP contribution in [-0.4, -0.2) is 32.2 Å². The molecule has 0 unspecified atom stereocenters. The van der Waals surface area contributed by atoms with Crippen molar-refractivity contribution in [3.8, 4) is 11.5 Å². The van der Waals surface area contributed by atoms with Gasteiger partial charge >= 0.3 is 6.03 Å². The van der Waals surface area contributed by atoms with Gasteiger partial charge in [-0.05, 0) is 23.3 Å². The number of benzene rings is 2. The van der Waals surface area contributed by atoms with Crippen molar-refractivity contribution >= 4 is 11.9 Å². The van der Waals surface area contributed by atoms with Crippen molar-refractivity contribution < 1.29 is 19.1 Å². The van der Waals surface area contributed by atoms with E-state index in [-0.39, 0.29) is 6.54 Å². The first-order chi connectivity index (χ1) is 12.5. The quantitative estimate of drug-likeness (QED) is 0.668. The summed E-state index contributed by atoms with van der Waals surface area (Å²) in [6.07, 6.45) is 0.333. The largest absolute Gasteiger partial charge is 0.493 e. The van der Waals surface area contributed by atoms with Crippen LogP contribution in [0.4, 0.5) is 4.79 Å². The van der Waals surface area contributed by atoms with Crippen molar-refractivity contribution in [1.29, 1.82) is 0 Å². The number of urea groups is 1. The van der Waals surface area contributed by atoms with Gasteiger partial charge in [0, 0.05) is 13.0 Å². The summed E-state index contributed by atoms with van der Waals surface area (Å²) in [5, 5.41) is 5.31. The molecule has 26 heavy (non-hydrogen) atoms. The van der Waals surface area contributed by atoms with Gasteiger partial charge in [-0.3, -0.25) is 4.79 Å². The number of nitrogens with two attached hydrogens (primary N) is 1. The third-order valence-corrected chi connectivity index (χ3v) is 3.83. The van der Waals surface area contributed by atoms with Crippen molar-refractivity contribution in [3.05, 3.63) is 59.7 Å². The van der Waals surface area contributed by atoms with Gasteiger partial charge in [0.2, 0.25) is 5.91 Å². The molecule has 1 atom stereocenters. The lowest BCUT2D eigenvalue weighted by Crippen LogP contribution is -2.49. The van der Waals surface area contributed by atoms with Gasteiger partial charge in [-0.15, -0.1) is 0 Å². The summed E-state index contributed by atoms with van der Waals surface area (Å²) in [5.41, 5.74) is 7.14. The molecule has 0 aliphatic rings. The molecule has 0 radical (unpaired) electrons. The summed E-state index contributed by atoms with van der Waals surface area (Å²) in [7, 11) is 3.10. The van der Waals surface area contributed by atoms with Crippen molar-refractivity contribution in [1.82, 2.24) is 10.6 Å². The van der Waals surface area contributed by atoms with Gasteiger partial charge in [0.1, 0.15) is 6.04 Å². The summed E-state index contributed by atoms with van der Waals surface area (Å²) < 4.78 is 10.4. The number of amides is 3. The number of primary amides is 1. The number of rotatable bonds is 8. The maximum Gasteiger partial charge on any atom is 0.315 e. The minimum Gasteiger partial charge on any atom is -0.493 e. The normalized spacial score (nSPS) is 11.3. The molecule has 0 saturated heterocycles. The average Bonchev–Trinajstić information content (AvgIpc) is 2.66. The second-order valence-corrected chi connectivity index (χ2v) is 5.66. The Bertz CT molecular complexity index is 750. The van der Waals surface area contributed by atoms with Crippen molar-refractivity contribution in [2.75, 3.05) is 14.2 Å². The predicted molar refractivity (Wildman–Crippen MR) is 98.0 cm³/mol. The van der Waals surface area contributed by atoms with E-state index in [2.05, 4.69) is 10.6 Å². The lowest BCUT2D eigenvalue weighted by Gasteiger charge is -2.16. The first-order valence-electron chi connectivity index (χ1n) is 8.12. The molecule has 3 amide bonds. The van der Waals surface area contributed by atoms with Crippen LogP contribution in [0.1, 0.15) is 11.1 Å².